The predicted molar refractivity (Wildman–Crippen MR) is 150 cm³/mol. The van der Waals surface area contributed by atoms with E-state index in [1.807, 2.05) is 24.8 Å². The quantitative estimate of drug-likeness (QED) is 0.372. The number of ether oxygens (including phenoxy) is 1. The zero-order chi connectivity index (χ0) is 27.9. The number of halogens is 2. The highest BCUT2D eigenvalue weighted by molar-refractivity contribution is 6.32. The molecule has 13 heteroatoms. The van der Waals surface area contributed by atoms with Crippen molar-refractivity contribution in [1.82, 2.24) is 35.1 Å². The smallest absolute Gasteiger partial charge is 0.317 e. The Hall–Kier alpha value is -3.57. The highest BCUT2D eigenvalue weighted by atomic mass is 35.5. The van der Waals surface area contributed by atoms with Crippen molar-refractivity contribution in [1.29, 1.82) is 0 Å². The minimum absolute atomic E-state index is 0.133. The first-order chi connectivity index (χ1) is 18.8. The van der Waals surface area contributed by atoms with E-state index >= 15 is 0 Å². The average molecular weight is 576 g/mol. The number of hydrogen-bond donors (Lipinski definition) is 2. The van der Waals surface area contributed by atoms with Crippen molar-refractivity contribution in [2.45, 2.75) is 38.8 Å². The maximum Gasteiger partial charge on any atom is 0.317 e. The number of urea groups is 1. The van der Waals surface area contributed by atoms with Crippen LogP contribution >= 0.6 is 23.2 Å². The lowest BCUT2D eigenvalue weighted by molar-refractivity contribution is -0.122. The molecular formula is C26H32Cl2N8O3. The number of rotatable bonds is 9. The Morgan fingerprint density at radius 2 is 2.03 bits per heavy atom. The summed E-state index contributed by atoms with van der Waals surface area (Å²) in [6.45, 7) is 5.75. The summed E-state index contributed by atoms with van der Waals surface area (Å²) in [5.41, 5.74) is 0.850. The van der Waals surface area contributed by atoms with Crippen molar-refractivity contribution < 1.29 is 14.3 Å². The van der Waals surface area contributed by atoms with E-state index in [1.54, 1.807) is 53.5 Å². The minimum Gasteiger partial charge on any atom is -0.495 e. The lowest BCUT2D eigenvalue weighted by Crippen LogP contribution is -2.58. The molecule has 2 unspecified atom stereocenters. The molecule has 1 fully saturated rings. The van der Waals surface area contributed by atoms with Crippen LogP contribution in [0.15, 0.2) is 43.0 Å². The normalized spacial score (nSPS) is 16.1. The second-order valence-corrected chi connectivity index (χ2v) is 10.0. The van der Waals surface area contributed by atoms with E-state index in [0.29, 0.717) is 48.7 Å². The van der Waals surface area contributed by atoms with Gasteiger partial charge >= 0.3 is 6.03 Å². The van der Waals surface area contributed by atoms with Crippen LogP contribution in [0.25, 0.3) is 5.95 Å². The summed E-state index contributed by atoms with van der Waals surface area (Å²) < 4.78 is 6.88. The number of amides is 3. The second-order valence-electron chi connectivity index (χ2n) is 9.23. The number of methoxy groups -OCH3 is 1. The molecule has 39 heavy (non-hydrogen) atoms. The minimum atomic E-state index is -0.348. The topological polar surface area (TPSA) is 118 Å². The van der Waals surface area contributed by atoms with Gasteiger partial charge in [0.05, 0.1) is 24.2 Å². The van der Waals surface area contributed by atoms with E-state index in [0.717, 1.165) is 12.0 Å². The highest BCUT2D eigenvalue weighted by Gasteiger charge is 2.33. The van der Waals surface area contributed by atoms with Crippen molar-refractivity contribution in [3.63, 3.8) is 0 Å². The van der Waals surface area contributed by atoms with Gasteiger partial charge in [0, 0.05) is 51.1 Å². The molecule has 2 atom stereocenters. The first-order valence-corrected chi connectivity index (χ1v) is 13.5. The van der Waals surface area contributed by atoms with Crippen LogP contribution in [-0.2, 0) is 4.79 Å². The fourth-order valence-corrected chi connectivity index (χ4v) is 4.88. The Bertz CT molecular complexity index is 1290. The number of benzene rings is 1. The van der Waals surface area contributed by atoms with Crippen LogP contribution in [0.4, 0.5) is 10.6 Å². The molecule has 3 heterocycles. The van der Waals surface area contributed by atoms with Crippen molar-refractivity contribution >= 4 is 41.0 Å². The number of hydrogen-bond acceptors (Lipinski definition) is 7. The maximum absolute atomic E-state index is 13.3. The Labute approximate surface area is 237 Å². The van der Waals surface area contributed by atoms with Crippen LogP contribution in [-0.4, -0.2) is 75.7 Å². The Morgan fingerprint density at radius 1 is 1.21 bits per heavy atom. The molecule has 0 saturated carbocycles. The third-order valence-electron chi connectivity index (χ3n) is 6.47. The summed E-state index contributed by atoms with van der Waals surface area (Å²) in [6, 6.07) is 6.29. The van der Waals surface area contributed by atoms with Crippen molar-refractivity contribution in [3.8, 4) is 11.7 Å². The van der Waals surface area contributed by atoms with E-state index in [9.17, 15) is 9.59 Å². The van der Waals surface area contributed by atoms with Gasteiger partial charge in [-0.15, -0.1) is 0 Å². The van der Waals surface area contributed by atoms with E-state index in [1.165, 1.54) is 0 Å². The molecule has 0 radical (unpaired) electrons. The van der Waals surface area contributed by atoms with Gasteiger partial charge in [0.1, 0.15) is 23.0 Å². The largest absolute Gasteiger partial charge is 0.495 e. The van der Waals surface area contributed by atoms with Crippen molar-refractivity contribution in [2.75, 3.05) is 38.2 Å². The predicted octanol–water partition coefficient (Wildman–Crippen LogP) is 3.86. The van der Waals surface area contributed by atoms with Crippen LogP contribution < -0.4 is 20.3 Å². The van der Waals surface area contributed by atoms with Crippen molar-refractivity contribution in [2.24, 2.45) is 0 Å². The summed E-state index contributed by atoms with van der Waals surface area (Å²) in [5.74, 6) is 1.33. The third-order valence-corrected chi connectivity index (χ3v) is 6.96. The van der Waals surface area contributed by atoms with Gasteiger partial charge in [0.2, 0.25) is 11.9 Å². The monoisotopic (exact) mass is 574 g/mol. The molecule has 1 saturated heterocycles. The number of piperazine rings is 1. The number of anilines is 1. The molecule has 2 aromatic heterocycles. The van der Waals surface area contributed by atoms with Crippen molar-refractivity contribution in [3.05, 3.63) is 58.7 Å². The highest BCUT2D eigenvalue weighted by Crippen LogP contribution is 2.28. The lowest BCUT2D eigenvalue weighted by atomic mass is 10.1. The van der Waals surface area contributed by atoms with Gasteiger partial charge in [-0.2, -0.15) is 4.98 Å². The van der Waals surface area contributed by atoms with Gasteiger partial charge in [-0.3, -0.25) is 9.36 Å². The van der Waals surface area contributed by atoms with Gasteiger partial charge in [-0.1, -0.05) is 36.2 Å². The first kappa shape index (κ1) is 28.4. The van der Waals surface area contributed by atoms with Gasteiger partial charge in [0.15, 0.2) is 0 Å². The van der Waals surface area contributed by atoms with Crippen LogP contribution in [0.2, 0.25) is 10.2 Å². The molecule has 3 aromatic rings. The number of imidazole rings is 1. The van der Waals surface area contributed by atoms with Crippen LogP contribution in [0.5, 0.6) is 5.75 Å². The Morgan fingerprint density at radius 3 is 2.72 bits per heavy atom. The van der Waals surface area contributed by atoms with E-state index in [4.69, 9.17) is 27.9 Å². The van der Waals surface area contributed by atoms with Crippen LogP contribution in [0.3, 0.4) is 0 Å². The molecular weight excluding hydrogens is 543 g/mol. The third kappa shape index (κ3) is 7.10. The number of nitrogens with one attached hydrogen (secondary N) is 2. The summed E-state index contributed by atoms with van der Waals surface area (Å²) in [6.07, 6.45) is 5.91. The second kappa shape index (κ2) is 13.0. The molecule has 1 aromatic carbocycles. The van der Waals surface area contributed by atoms with Gasteiger partial charge < -0.3 is 25.2 Å². The molecule has 0 spiro atoms. The number of aromatic nitrogens is 4. The molecule has 1 aliphatic rings. The lowest BCUT2D eigenvalue weighted by Gasteiger charge is -2.42. The fourth-order valence-electron chi connectivity index (χ4n) is 4.44. The molecule has 2 N–H and O–H groups in total. The summed E-state index contributed by atoms with van der Waals surface area (Å²) >= 11 is 12.6. The van der Waals surface area contributed by atoms with E-state index in [2.05, 4.69) is 25.6 Å². The maximum atomic E-state index is 13.3. The van der Waals surface area contributed by atoms with Gasteiger partial charge in [-0.25, -0.2) is 14.8 Å². The Balaban J connectivity index is 1.54. The van der Waals surface area contributed by atoms with E-state index in [-0.39, 0.29) is 35.6 Å². The molecule has 11 nitrogen and oxygen atoms in total. The standard InChI is InChI=1S/C26H32Cl2N8O3/c1-4-7-30-26(38)34-10-11-36(23-14-22(28)32-25(33-23)35-9-8-29-16-35)19(15-34)13-24(37)31-17(2)18-5-6-21(39-3)20(27)12-18/h5-6,8-9,12,14,16-17,19H,4,7,10-11,13,15H2,1-3H3,(H,30,38)(H,31,37). The average Bonchev–Trinajstić information content (AvgIpc) is 3.46. The summed E-state index contributed by atoms with van der Waals surface area (Å²) in [5, 5.41) is 6.71. The molecule has 1 aliphatic heterocycles. The van der Waals surface area contributed by atoms with Crippen LogP contribution in [0, 0.1) is 0 Å². The Kier molecular flexibility index (Phi) is 9.47. The SMILES string of the molecule is CCCNC(=O)N1CCN(c2cc(Cl)nc(-n3ccnc3)n2)C(CC(=O)NC(C)c2ccc(OC)c(Cl)c2)C1. The van der Waals surface area contributed by atoms with E-state index < -0.39 is 0 Å². The number of carbonyl (C=O) groups excluding carboxylic acids is 2. The van der Waals surface area contributed by atoms with Gasteiger partial charge in [-0.05, 0) is 31.0 Å². The molecule has 208 valence electrons. The van der Waals surface area contributed by atoms with Gasteiger partial charge in [0.25, 0.3) is 0 Å². The van der Waals surface area contributed by atoms with Crippen LogP contribution in [0.1, 0.15) is 38.3 Å². The molecule has 0 aliphatic carbocycles. The molecule has 4 rings (SSSR count). The fraction of sp³-hybridized carbons (Fsp3) is 0.423. The summed E-state index contributed by atoms with van der Waals surface area (Å²) in [7, 11) is 1.55. The molecule has 0 bridgehead atoms. The zero-order valence-corrected chi connectivity index (χ0v) is 23.6. The number of nitrogens with zero attached hydrogens (tertiary/aromatic N) is 6. The molecule has 3 amide bonds. The zero-order valence-electron chi connectivity index (χ0n) is 22.1. The summed E-state index contributed by atoms with van der Waals surface area (Å²) in [4.78, 5) is 42.8. The number of carbonyl (C=O) groups is 2. The first-order valence-electron chi connectivity index (χ1n) is 12.7.